The number of nitro groups is 1. The van der Waals surface area contributed by atoms with E-state index in [0.717, 1.165) is 0 Å². The first kappa shape index (κ1) is 20.6. The van der Waals surface area contributed by atoms with Crippen molar-refractivity contribution in [2.75, 3.05) is 18.6 Å². The molecular weight excluding hydrogens is 374 g/mol. The van der Waals surface area contributed by atoms with Gasteiger partial charge in [-0.05, 0) is 37.1 Å². The summed E-state index contributed by atoms with van der Waals surface area (Å²) >= 11 is 0. The van der Waals surface area contributed by atoms with Crippen LogP contribution in [0.1, 0.15) is 18.9 Å². The highest BCUT2D eigenvalue weighted by atomic mass is 32.2. The summed E-state index contributed by atoms with van der Waals surface area (Å²) in [6, 6.07) is 4.47. The highest BCUT2D eigenvalue weighted by Crippen LogP contribution is 2.17. The zero-order chi connectivity index (χ0) is 20.2. The average Bonchev–Trinajstić information content (AvgIpc) is 2.98. The van der Waals surface area contributed by atoms with Crippen molar-refractivity contribution < 1.29 is 22.9 Å². The second-order valence-corrected chi connectivity index (χ2v) is 8.65. The Morgan fingerprint density at radius 2 is 1.96 bits per heavy atom. The van der Waals surface area contributed by atoms with Gasteiger partial charge in [0.15, 0.2) is 9.84 Å². The van der Waals surface area contributed by atoms with Crippen LogP contribution in [0.25, 0.3) is 6.08 Å². The molecule has 0 aromatic heterocycles. The van der Waals surface area contributed by atoms with E-state index in [0.29, 0.717) is 12.0 Å². The van der Waals surface area contributed by atoms with Crippen LogP contribution in [-0.2, 0) is 19.4 Å². The quantitative estimate of drug-likeness (QED) is 0.430. The van der Waals surface area contributed by atoms with Gasteiger partial charge >= 0.3 is 0 Å². The van der Waals surface area contributed by atoms with Crippen molar-refractivity contribution >= 4 is 33.4 Å². The first-order chi connectivity index (χ1) is 12.6. The molecule has 0 saturated carbocycles. The third-order valence-corrected chi connectivity index (χ3v) is 6.11. The number of nitrogens with one attached hydrogen (secondary N) is 1. The molecule has 0 radical (unpaired) electrons. The molecule has 1 N–H and O–H groups in total. The molecule has 27 heavy (non-hydrogen) atoms. The molecule has 1 saturated heterocycles. The summed E-state index contributed by atoms with van der Waals surface area (Å²) < 4.78 is 23.1. The van der Waals surface area contributed by atoms with Gasteiger partial charge in [-0.15, -0.1) is 0 Å². The lowest BCUT2D eigenvalue weighted by Crippen LogP contribution is -2.49. The van der Waals surface area contributed by atoms with Gasteiger partial charge in [0.25, 0.3) is 5.69 Å². The van der Waals surface area contributed by atoms with Crippen LogP contribution >= 0.6 is 0 Å². The van der Waals surface area contributed by atoms with E-state index in [1.165, 1.54) is 55.3 Å². The summed E-state index contributed by atoms with van der Waals surface area (Å²) in [5, 5.41) is 13.1. The number of non-ortho nitro benzene ring substituents is 1. The van der Waals surface area contributed by atoms with E-state index < -0.39 is 26.7 Å². The third kappa shape index (κ3) is 5.61. The van der Waals surface area contributed by atoms with Crippen molar-refractivity contribution in [3.8, 4) is 0 Å². The van der Waals surface area contributed by atoms with Crippen LogP contribution < -0.4 is 5.32 Å². The molecule has 10 heteroatoms. The Morgan fingerprint density at radius 1 is 1.33 bits per heavy atom. The number of carbonyl (C=O) groups is 2. The number of likely N-dealkylation sites (N-methyl/N-ethyl adjacent to an activating group) is 1. The fourth-order valence-corrected chi connectivity index (χ4v) is 4.54. The van der Waals surface area contributed by atoms with Crippen molar-refractivity contribution in [2.24, 2.45) is 0 Å². The minimum Gasteiger partial charge on any atom is -0.341 e. The second kappa shape index (κ2) is 8.30. The summed E-state index contributed by atoms with van der Waals surface area (Å²) in [6.45, 7) is 1.53. The lowest BCUT2D eigenvalue weighted by Gasteiger charge is -2.26. The van der Waals surface area contributed by atoms with Crippen LogP contribution in [0.5, 0.6) is 0 Å². The van der Waals surface area contributed by atoms with Crippen LogP contribution in [0.3, 0.4) is 0 Å². The van der Waals surface area contributed by atoms with Gasteiger partial charge in [0.05, 0.1) is 16.4 Å². The van der Waals surface area contributed by atoms with Gasteiger partial charge in [-0.3, -0.25) is 19.7 Å². The molecule has 1 heterocycles. The van der Waals surface area contributed by atoms with E-state index in [-0.39, 0.29) is 29.1 Å². The summed E-state index contributed by atoms with van der Waals surface area (Å²) in [5.41, 5.74) is 0.552. The molecule has 0 bridgehead atoms. The standard InChI is InChI=1S/C17H21N3O6S/c1-12(17(22)19(2)15-9-10-27(25,26)11-15)18-16(21)8-5-13-3-6-14(7-4-13)20(23)24/h3-8,12,15H,9-11H2,1-2H3,(H,18,21)/b8-5+/t12-,15?/m0/s1. The van der Waals surface area contributed by atoms with E-state index in [4.69, 9.17) is 0 Å². The molecule has 146 valence electrons. The summed E-state index contributed by atoms with van der Waals surface area (Å²) in [6.07, 6.45) is 3.10. The van der Waals surface area contributed by atoms with Crippen LogP contribution in [-0.4, -0.2) is 60.7 Å². The zero-order valence-corrected chi connectivity index (χ0v) is 15.8. The maximum absolute atomic E-state index is 12.4. The van der Waals surface area contributed by atoms with Crippen LogP contribution in [0, 0.1) is 10.1 Å². The molecule has 2 rings (SSSR count). The maximum Gasteiger partial charge on any atom is 0.269 e. The highest BCUT2D eigenvalue weighted by Gasteiger charge is 2.34. The van der Waals surface area contributed by atoms with E-state index in [2.05, 4.69) is 5.32 Å². The Hall–Kier alpha value is -2.75. The highest BCUT2D eigenvalue weighted by molar-refractivity contribution is 7.91. The van der Waals surface area contributed by atoms with Gasteiger partial charge < -0.3 is 10.2 Å². The first-order valence-corrected chi connectivity index (χ1v) is 10.1. The van der Waals surface area contributed by atoms with E-state index in [1.54, 1.807) is 0 Å². The number of nitro benzene ring substituents is 1. The van der Waals surface area contributed by atoms with E-state index >= 15 is 0 Å². The van der Waals surface area contributed by atoms with Gasteiger partial charge in [-0.2, -0.15) is 0 Å². The normalized spacial score (nSPS) is 19.6. The van der Waals surface area contributed by atoms with E-state index in [9.17, 15) is 28.1 Å². The Balaban J connectivity index is 1.90. The van der Waals surface area contributed by atoms with Crippen molar-refractivity contribution in [1.29, 1.82) is 0 Å². The molecule has 1 aromatic rings. The van der Waals surface area contributed by atoms with Gasteiger partial charge in [-0.1, -0.05) is 0 Å². The molecule has 1 aliphatic rings. The lowest BCUT2D eigenvalue weighted by molar-refractivity contribution is -0.384. The topological polar surface area (TPSA) is 127 Å². The monoisotopic (exact) mass is 395 g/mol. The first-order valence-electron chi connectivity index (χ1n) is 8.29. The Kier molecular flexibility index (Phi) is 6.32. The number of amides is 2. The number of rotatable bonds is 6. The molecule has 0 aliphatic carbocycles. The molecule has 1 aromatic carbocycles. The van der Waals surface area contributed by atoms with Gasteiger partial charge in [0.1, 0.15) is 6.04 Å². The van der Waals surface area contributed by atoms with Crippen molar-refractivity contribution in [2.45, 2.75) is 25.4 Å². The molecular formula is C17H21N3O6S. The average molecular weight is 395 g/mol. The predicted octanol–water partition coefficient (Wildman–Crippen LogP) is 0.758. The summed E-state index contributed by atoms with van der Waals surface area (Å²) in [5.74, 6) is -0.861. The molecule has 1 fully saturated rings. The second-order valence-electron chi connectivity index (χ2n) is 6.42. The molecule has 2 amide bonds. The SMILES string of the molecule is C[C@H](NC(=O)/C=C/c1ccc([N+](=O)[O-])cc1)C(=O)N(C)C1CCS(=O)(=O)C1. The fourth-order valence-electron chi connectivity index (χ4n) is 2.77. The fraction of sp³-hybridized carbons (Fsp3) is 0.412. The molecule has 9 nitrogen and oxygen atoms in total. The van der Waals surface area contributed by atoms with E-state index in [1.807, 2.05) is 0 Å². The summed E-state index contributed by atoms with van der Waals surface area (Å²) in [4.78, 5) is 35.8. The third-order valence-electron chi connectivity index (χ3n) is 4.36. The number of carbonyl (C=O) groups excluding carboxylic acids is 2. The number of hydrogen-bond donors (Lipinski definition) is 1. The number of hydrogen-bond acceptors (Lipinski definition) is 6. The lowest BCUT2D eigenvalue weighted by atomic mass is 10.2. The van der Waals surface area contributed by atoms with Gasteiger partial charge in [-0.25, -0.2) is 8.42 Å². The van der Waals surface area contributed by atoms with Crippen molar-refractivity contribution in [1.82, 2.24) is 10.2 Å². The largest absolute Gasteiger partial charge is 0.341 e. The Morgan fingerprint density at radius 3 is 2.48 bits per heavy atom. The molecule has 2 atom stereocenters. The number of sulfone groups is 1. The maximum atomic E-state index is 12.4. The smallest absolute Gasteiger partial charge is 0.269 e. The molecule has 0 spiro atoms. The molecule has 1 unspecified atom stereocenters. The number of nitrogens with zero attached hydrogens (tertiary/aromatic N) is 2. The van der Waals surface area contributed by atoms with Crippen LogP contribution in [0.2, 0.25) is 0 Å². The Bertz CT molecular complexity index is 863. The zero-order valence-electron chi connectivity index (χ0n) is 15.0. The van der Waals surface area contributed by atoms with Crippen molar-refractivity contribution in [3.63, 3.8) is 0 Å². The van der Waals surface area contributed by atoms with Crippen molar-refractivity contribution in [3.05, 3.63) is 46.0 Å². The van der Waals surface area contributed by atoms with Crippen LogP contribution in [0.15, 0.2) is 30.3 Å². The molecule has 1 aliphatic heterocycles. The number of benzene rings is 1. The minimum absolute atomic E-state index is 0.0483. The minimum atomic E-state index is -3.11. The summed E-state index contributed by atoms with van der Waals surface area (Å²) in [7, 11) is -1.57. The van der Waals surface area contributed by atoms with Gasteiger partial charge in [0, 0.05) is 31.3 Å². The van der Waals surface area contributed by atoms with Gasteiger partial charge in [0.2, 0.25) is 11.8 Å². The predicted molar refractivity (Wildman–Crippen MR) is 99.6 cm³/mol. The Labute approximate surface area is 157 Å². The van der Waals surface area contributed by atoms with Crippen LogP contribution in [0.4, 0.5) is 5.69 Å².